The summed E-state index contributed by atoms with van der Waals surface area (Å²) in [5.74, 6) is -0.288. The molecule has 0 unspecified atom stereocenters. The fourth-order valence-corrected chi connectivity index (χ4v) is 2.89. The van der Waals surface area contributed by atoms with Gasteiger partial charge in [0.2, 0.25) is 0 Å². The van der Waals surface area contributed by atoms with E-state index in [1.807, 2.05) is 29.6 Å². The number of hydrogen-bond donors (Lipinski definition) is 1. The number of carbonyl (C=O) groups excluding carboxylic acids is 1. The number of anilines is 1. The number of hydrogen-bond acceptors (Lipinski definition) is 4. The van der Waals surface area contributed by atoms with Crippen LogP contribution in [0.15, 0.2) is 54.2 Å². The summed E-state index contributed by atoms with van der Waals surface area (Å²) in [6.07, 6.45) is 2.57. The monoisotopic (exact) mass is 423 g/mol. The third-order valence-corrected chi connectivity index (χ3v) is 4.41. The number of benzene rings is 1. The van der Waals surface area contributed by atoms with Crippen LogP contribution in [0.1, 0.15) is 10.4 Å². The van der Waals surface area contributed by atoms with Crippen molar-refractivity contribution in [2.75, 3.05) is 5.32 Å². The van der Waals surface area contributed by atoms with Gasteiger partial charge in [-0.15, -0.1) is 11.3 Å². The summed E-state index contributed by atoms with van der Waals surface area (Å²) in [5, 5.41) is 16.1. The molecule has 2 heterocycles. The normalized spacial score (nSPS) is 10.4. The second-order valence-corrected chi connectivity index (χ2v) is 6.55. The van der Waals surface area contributed by atoms with Crippen LogP contribution in [0.5, 0.6) is 0 Å². The van der Waals surface area contributed by atoms with Gasteiger partial charge in [0.05, 0.1) is 11.3 Å². The van der Waals surface area contributed by atoms with E-state index in [4.69, 9.17) is 0 Å². The zero-order valence-electron chi connectivity index (χ0n) is 11.2. The molecule has 0 saturated heterocycles. The smallest absolute Gasteiger partial charge is 0.257 e. The van der Waals surface area contributed by atoms with Crippen LogP contribution < -0.4 is 10.0 Å². The maximum atomic E-state index is 12.1. The Bertz CT molecular complexity index is 800. The highest BCUT2D eigenvalue weighted by molar-refractivity contribution is 14.1. The number of carbonyl (C=O) groups is 1. The highest BCUT2D eigenvalue weighted by Gasteiger charge is 2.10. The summed E-state index contributed by atoms with van der Waals surface area (Å²) in [6.45, 7) is 0. The molecular weight excluding hydrogens is 413 g/mol. The predicted octanol–water partition coefficient (Wildman–Crippen LogP) is 3.30. The number of halogens is 1. The minimum Gasteiger partial charge on any atom is -0.619 e. The molecule has 3 aromatic rings. The molecular formula is C15H10IN3O2S. The maximum absolute atomic E-state index is 12.1. The number of nitrogens with zero attached hydrogens (tertiary/aromatic N) is 2. The van der Waals surface area contributed by atoms with Crippen molar-refractivity contribution in [1.82, 2.24) is 4.98 Å². The lowest BCUT2D eigenvalue weighted by molar-refractivity contribution is -0.605. The van der Waals surface area contributed by atoms with Crippen LogP contribution >= 0.6 is 33.9 Å². The van der Waals surface area contributed by atoms with Crippen LogP contribution in [0.3, 0.4) is 0 Å². The molecule has 0 aliphatic rings. The van der Waals surface area contributed by atoms with Crippen molar-refractivity contribution in [3.8, 4) is 11.3 Å². The molecule has 0 aliphatic heterocycles. The minimum absolute atomic E-state index is 0.288. The molecule has 5 nitrogen and oxygen atoms in total. The lowest BCUT2D eigenvalue weighted by Crippen LogP contribution is -2.25. The molecule has 1 amide bonds. The first-order valence-electron chi connectivity index (χ1n) is 6.33. The molecule has 0 radical (unpaired) electrons. The van der Waals surface area contributed by atoms with Gasteiger partial charge in [0.1, 0.15) is 0 Å². The standard InChI is InChI=1S/C15H10IN3O2S/c16-12-3-1-10(2-4-12)13-9-22-15(17-13)18-14(20)11-5-7-19(21)8-6-11/h1-9H,(H,17,18,20). The Hall–Kier alpha value is -2.00. The predicted molar refractivity (Wildman–Crippen MR) is 93.6 cm³/mol. The molecule has 1 aromatic carbocycles. The largest absolute Gasteiger partial charge is 0.619 e. The first kappa shape index (κ1) is 14.9. The highest BCUT2D eigenvalue weighted by atomic mass is 127. The Morgan fingerprint density at radius 3 is 2.55 bits per heavy atom. The van der Waals surface area contributed by atoms with Gasteiger partial charge in [0.25, 0.3) is 5.91 Å². The molecule has 1 N–H and O–H groups in total. The molecule has 0 saturated carbocycles. The zero-order chi connectivity index (χ0) is 15.5. The number of amides is 1. The summed E-state index contributed by atoms with van der Waals surface area (Å²) in [4.78, 5) is 16.5. The molecule has 0 aliphatic carbocycles. The van der Waals surface area contributed by atoms with Crippen LogP contribution in [0.2, 0.25) is 0 Å². The van der Waals surface area contributed by atoms with Crippen molar-refractivity contribution < 1.29 is 9.52 Å². The van der Waals surface area contributed by atoms with Gasteiger partial charge in [0.15, 0.2) is 17.5 Å². The minimum atomic E-state index is -0.288. The number of aromatic nitrogens is 2. The van der Waals surface area contributed by atoms with E-state index in [2.05, 4.69) is 32.9 Å². The average molecular weight is 423 g/mol. The molecule has 0 fully saturated rings. The van der Waals surface area contributed by atoms with E-state index in [9.17, 15) is 10.0 Å². The molecule has 2 aromatic heterocycles. The van der Waals surface area contributed by atoms with Crippen molar-refractivity contribution in [3.63, 3.8) is 0 Å². The van der Waals surface area contributed by atoms with Gasteiger partial charge in [-0.2, -0.15) is 4.73 Å². The molecule has 22 heavy (non-hydrogen) atoms. The lowest BCUT2D eigenvalue weighted by Gasteiger charge is -2.01. The van der Waals surface area contributed by atoms with Crippen molar-refractivity contribution >= 4 is 45.0 Å². The number of nitrogens with one attached hydrogen (secondary N) is 1. The van der Waals surface area contributed by atoms with Crippen LogP contribution in [-0.2, 0) is 0 Å². The lowest BCUT2D eigenvalue weighted by atomic mass is 10.2. The topological polar surface area (TPSA) is 68.9 Å². The van der Waals surface area contributed by atoms with Gasteiger partial charge in [-0.1, -0.05) is 12.1 Å². The Kier molecular flexibility index (Phi) is 4.34. The summed E-state index contributed by atoms with van der Waals surface area (Å²) in [6, 6.07) is 10.9. The van der Waals surface area contributed by atoms with E-state index in [0.29, 0.717) is 15.4 Å². The fraction of sp³-hybridized carbons (Fsp3) is 0. The van der Waals surface area contributed by atoms with Gasteiger partial charge < -0.3 is 5.21 Å². The number of thiazole rings is 1. The first-order chi connectivity index (χ1) is 10.6. The van der Waals surface area contributed by atoms with E-state index in [-0.39, 0.29) is 5.91 Å². The quantitative estimate of drug-likeness (QED) is 0.400. The highest BCUT2D eigenvalue weighted by Crippen LogP contribution is 2.25. The van der Waals surface area contributed by atoms with Gasteiger partial charge in [0, 0.05) is 26.6 Å². The van der Waals surface area contributed by atoms with Gasteiger partial charge in [-0.3, -0.25) is 10.1 Å². The van der Waals surface area contributed by atoms with E-state index in [1.165, 1.54) is 35.9 Å². The first-order valence-corrected chi connectivity index (χ1v) is 8.29. The molecule has 0 spiro atoms. The van der Waals surface area contributed by atoms with Crippen molar-refractivity contribution in [2.45, 2.75) is 0 Å². The summed E-state index contributed by atoms with van der Waals surface area (Å²) >= 11 is 3.61. The SMILES string of the molecule is O=C(Nc1nc(-c2ccc(I)cc2)cs1)c1cc[n+]([O-])cc1. The van der Waals surface area contributed by atoms with Crippen LogP contribution in [0, 0.1) is 8.78 Å². The van der Waals surface area contributed by atoms with Crippen molar-refractivity contribution in [3.05, 3.63) is 68.5 Å². The van der Waals surface area contributed by atoms with E-state index in [1.54, 1.807) is 0 Å². The third-order valence-electron chi connectivity index (χ3n) is 2.93. The van der Waals surface area contributed by atoms with Crippen molar-refractivity contribution in [2.24, 2.45) is 0 Å². The van der Waals surface area contributed by atoms with Gasteiger partial charge in [-0.05, 0) is 34.7 Å². The van der Waals surface area contributed by atoms with Crippen LogP contribution in [0.4, 0.5) is 5.13 Å². The molecule has 7 heteroatoms. The molecule has 0 atom stereocenters. The Morgan fingerprint density at radius 1 is 1.18 bits per heavy atom. The summed E-state index contributed by atoms with van der Waals surface area (Å²) in [7, 11) is 0. The Balaban J connectivity index is 1.75. The van der Waals surface area contributed by atoms with Crippen LogP contribution in [0.25, 0.3) is 11.3 Å². The van der Waals surface area contributed by atoms with Gasteiger partial charge >= 0.3 is 0 Å². The Labute approximate surface area is 144 Å². The molecule has 3 rings (SSSR count). The van der Waals surface area contributed by atoms with E-state index >= 15 is 0 Å². The number of pyridine rings is 1. The third kappa shape index (κ3) is 3.42. The Morgan fingerprint density at radius 2 is 1.86 bits per heavy atom. The van der Waals surface area contributed by atoms with E-state index < -0.39 is 0 Å². The van der Waals surface area contributed by atoms with E-state index in [0.717, 1.165) is 14.8 Å². The van der Waals surface area contributed by atoms with Gasteiger partial charge in [-0.25, -0.2) is 4.98 Å². The summed E-state index contributed by atoms with van der Waals surface area (Å²) in [5.41, 5.74) is 2.24. The number of rotatable bonds is 3. The average Bonchev–Trinajstić information content (AvgIpc) is 2.97. The van der Waals surface area contributed by atoms with Crippen molar-refractivity contribution in [1.29, 1.82) is 0 Å². The second-order valence-electron chi connectivity index (χ2n) is 4.45. The zero-order valence-corrected chi connectivity index (χ0v) is 14.2. The summed E-state index contributed by atoms with van der Waals surface area (Å²) < 4.78 is 1.79. The molecule has 110 valence electrons. The maximum Gasteiger partial charge on any atom is 0.257 e. The van der Waals surface area contributed by atoms with Crippen LogP contribution in [-0.4, -0.2) is 10.9 Å². The second kappa shape index (κ2) is 6.41. The molecule has 0 bridgehead atoms. The fourth-order valence-electron chi connectivity index (χ4n) is 1.82.